The number of benzene rings is 2. The zero-order chi connectivity index (χ0) is 14.0. The van der Waals surface area contributed by atoms with Crippen molar-refractivity contribution in [2.45, 2.75) is 0 Å². The SMILES string of the molecule is Nc1ccc(Br)c(NC(=O)c2c(F)cccc2Br)c1. The van der Waals surface area contributed by atoms with E-state index in [9.17, 15) is 9.18 Å². The minimum absolute atomic E-state index is 0.0446. The Kier molecular flexibility index (Phi) is 4.21. The summed E-state index contributed by atoms with van der Waals surface area (Å²) in [6.07, 6.45) is 0. The van der Waals surface area contributed by atoms with Crippen LogP contribution in [-0.2, 0) is 0 Å². The van der Waals surface area contributed by atoms with Crippen molar-refractivity contribution in [3.63, 3.8) is 0 Å². The zero-order valence-electron chi connectivity index (χ0n) is 9.58. The standard InChI is InChI=1S/C13H9Br2FN2O/c14-8-5-4-7(17)6-11(8)18-13(19)12-9(15)2-1-3-10(12)16/h1-6H,17H2,(H,18,19). The maximum Gasteiger partial charge on any atom is 0.259 e. The smallest absolute Gasteiger partial charge is 0.259 e. The molecule has 0 aliphatic heterocycles. The molecule has 0 unspecified atom stereocenters. The highest BCUT2D eigenvalue weighted by molar-refractivity contribution is 9.11. The van der Waals surface area contributed by atoms with Gasteiger partial charge >= 0.3 is 0 Å². The Morgan fingerprint density at radius 1 is 1.16 bits per heavy atom. The molecule has 2 rings (SSSR count). The van der Waals surface area contributed by atoms with E-state index in [0.717, 1.165) is 0 Å². The van der Waals surface area contributed by atoms with Crippen molar-refractivity contribution in [1.82, 2.24) is 0 Å². The molecule has 2 aromatic carbocycles. The van der Waals surface area contributed by atoms with Crippen LogP contribution in [-0.4, -0.2) is 5.91 Å². The number of rotatable bonds is 2. The number of hydrogen-bond acceptors (Lipinski definition) is 2. The van der Waals surface area contributed by atoms with Crippen molar-refractivity contribution in [3.8, 4) is 0 Å². The molecule has 0 aliphatic rings. The summed E-state index contributed by atoms with van der Waals surface area (Å²) in [5.74, 6) is -1.14. The van der Waals surface area contributed by atoms with Crippen molar-refractivity contribution in [3.05, 3.63) is 56.7 Å². The lowest BCUT2D eigenvalue weighted by Gasteiger charge is -2.10. The number of nitrogens with one attached hydrogen (secondary N) is 1. The molecule has 0 aromatic heterocycles. The fraction of sp³-hybridized carbons (Fsp3) is 0. The van der Waals surface area contributed by atoms with Gasteiger partial charge in [-0.3, -0.25) is 4.79 Å². The molecule has 98 valence electrons. The Balaban J connectivity index is 2.34. The van der Waals surface area contributed by atoms with Gasteiger partial charge in [-0.05, 0) is 62.2 Å². The average Bonchev–Trinajstić information content (AvgIpc) is 2.33. The van der Waals surface area contributed by atoms with E-state index < -0.39 is 11.7 Å². The Labute approximate surface area is 126 Å². The van der Waals surface area contributed by atoms with Gasteiger partial charge < -0.3 is 11.1 Å². The van der Waals surface area contributed by atoms with Crippen molar-refractivity contribution >= 4 is 49.1 Å². The Bertz CT molecular complexity index is 626. The Morgan fingerprint density at radius 2 is 1.89 bits per heavy atom. The fourth-order valence-electron chi connectivity index (χ4n) is 1.54. The monoisotopic (exact) mass is 386 g/mol. The number of hydrogen-bond donors (Lipinski definition) is 2. The summed E-state index contributed by atoms with van der Waals surface area (Å²) in [5.41, 5.74) is 6.59. The first-order valence-corrected chi connectivity index (χ1v) is 6.88. The van der Waals surface area contributed by atoms with E-state index in [1.54, 1.807) is 24.3 Å². The first-order chi connectivity index (χ1) is 8.99. The summed E-state index contributed by atoms with van der Waals surface area (Å²) < 4.78 is 14.7. The molecule has 0 spiro atoms. The summed E-state index contributed by atoms with van der Waals surface area (Å²) in [7, 11) is 0. The first-order valence-electron chi connectivity index (χ1n) is 5.29. The number of anilines is 2. The number of nitrogens with two attached hydrogens (primary N) is 1. The molecule has 2 aromatic rings. The number of amides is 1. The summed E-state index contributed by atoms with van der Waals surface area (Å²) in [6, 6.07) is 9.35. The van der Waals surface area contributed by atoms with Crippen molar-refractivity contribution in [2.24, 2.45) is 0 Å². The van der Waals surface area contributed by atoms with Crippen LogP contribution in [0.25, 0.3) is 0 Å². The summed E-state index contributed by atoms with van der Waals surface area (Å²) in [4.78, 5) is 12.1. The molecule has 3 N–H and O–H groups in total. The molecule has 0 saturated heterocycles. The summed E-state index contributed by atoms with van der Waals surface area (Å²) >= 11 is 6.45. The van der Waals surface area contributed by atoms with Crippen LogP contribution in [0, 0.1) is 5.82 Å². The van der Waals surface area contributed by atoms with E-state index in [2.05, 4.69) is 37.2 Å². The van der Waals surface area contributed by atoms with E-state index in [4.69, 9.17) is 5.73 Å². The van der Waals surface area contributed by atoms with Crippen LogP contribution in [0.2, 0.25) is 0 Å². The second-order valence-corrected chi connectivity index (χ2v) is 5.50. The van der Waals surface area contributed by atoms with Crippen LogP contribution in [0.5, 0.6) is 0 Å². The topological polar surface area (TPSA) is 55.1 Å². The third-order valence-electron chi connectivity index (χ3n) is 2.43. The lowest BCUT2D eigenvalue weighted by molar-refractivity contribution is 0.102. The maximum atomic E-state index is 13.7. The van der Waals surface area contributed by atoms with Crippen LogP contribution in [0.3, 0.4) is 0 Å². The van der Waals surface area contributed by atoms with E-state index in [1.807, 2.05) is 0 Å². The van der Waals surface area contributed by atoms with Gasteiger partial charge in [-0.1, -0.05) is 6.07 Å². The zero-order valence-corrected chi connectivity index (χ0v) is 12.8. The van der Waals surface area contributed by atoms with E-state index >= 15 is 0 Å². The minimum atomic E-state index is -0.591. The Hall–Kier alpha value is -1.40. The van der Waals surface area contributed by atoms with Gasteiger partial charge in [0.2, 0.25) is 0 Å². The van der Waals surface area contributed by atoms with Gasteiger partial charge in [0.05, 0.1) is 11.3 Å². The molecule has 0 bridgehead atoms. The second-order valence-electron chi connectivity index (χ2n) is 3.79. The van der Waals surface area contributed by atoms with E-state index in [0.29, 0.717) is 20.3 Å². The van der Waals surface area contributed by atoms with Gasteiger partial charge in [0.1, 0.15) is 5.82 Å². The minimum Gasteiger partial charge on any atom is -0.399 e. The van der Waals surface area contributed by atoms with Crippen molar-refractivity contribution < 1.29 is 9.18 Å². The first kappa shape index (κ1) is 14.0. The van der Waals surface area contributed by atoms with E-state index in [-0.39, 0.29) is 5.56 Å². The van der Waals surface area contributed by atoms with Crippen molar-refractivity contribution in [2.75, 3.05) is 11.1 Å². The highest BCUT2D eigenvalue weighted by Gasteiger charge is 2.16. The predicted octanol–water partition coefficient (Wildman–Crippen LogP) is 4.19. The predicted molar refractivity (Wildman–Crippen MR) is 80.6 cm³/mol. The van der Waals surface area contributed by atoms with Crippen LogP contribution < -0.4 is 11.1 Å². The highest BCUT2D eigenvalue weighted by Crippen LogP contribution is 2.27. The quantitative estimate of drug-likeness (QED) is 0.759. The lowest BCUT2D eigenvalue weighted by Crippen LogP contribution is -2.15. The van der Waals surface area contributed by atoms with Crippen molar-refractivity contribution in [1.29, 1.82) is 0 Å². The lowest BCUT2D eigenvalue weighted by atomic mass is 10.2. The molecule has 0 atom stereocenters. The summed E-state index contributed by atoms with van der Waals surface area (Å²) in [6.45, 7) is 0. The molecule has 3 nitrogen and oxygen atoms in total. The van der Waals surface area contributed by atoms with Gasteiger partial charge in [-0.2, -0.15) is 0 Å². The van der Waals surface area contributed by atoms with Gasteiger partial charge in [0.25, 0.3) is 5.91 Å². The molecule has 1 amide bonds. The number of nitrogen functional groups attached to an aromatic ring is 1. The molecule has 19 heavy (non-hydrogen) atoms. The number of carbonyl (C=O) groups excluding carboxylic acids is 1. The third kappa shape index (κ3) is 3.13. The molecule has 6 heteroatoms. The highest BCUT2D eigenvalue weighted by atomic mass is 79.9. The van der Waals surface area contributed by atoms with E-state index in [1.165, 1.54) is 12.1 Å². The number of carbonyl (C=O) groups is 1. The molecule has 0 heterocycles. The molecular formula is C13H9Br2FN2O. The number of halogens is 3. The largest absolute Gasteiger partial charge is 0.399 e. The average molecular weight is 388 g/mol. The molecule has 0 radical (unpaired) electrons. The molecule has 0 aliphatic carbocycles. The Morgan fingerprint density at radius 3 is 2.58 bits per heavy atom. The normalized spacial score (nSPS) is 10.3. The van der Waals surface area contributed by atoms with Gasteiger partial charge in [0, 0.05) is 14.6 Å². The molecule has 0 saturated carbocycles. The fourth-order valence-corrected chi connectivity index (χ4v) is 2.41. The van der Waals surface area contributed by atoms with Gasteiger partial charge in [-0.25, -0.2) is 4.39 Å². The summed E-state index contributed by atoms with van der Waals surface area (Å²) in [5, 5.41) is 2.61. The van der Waals surface area contributed by atoms with Crippen LogP contribution in [0.15, 0.2) is 45.3 Å². The third-order valence-corrected chi connectivity index (χ3v) is 3.78. The van der Waals surface area contributed by atoms with Crippen LogP contribution in [0.1, 0.15) is 10.4 Å². The molecule has 0 fully saturated rings. The maximum absolute atomic E-state index is 13.7. The van der Waals surface area contributed by atoms with Gasteiger partial charge in [0.15, 0.2) is 0 Å². The van der Waals surface area contributed by atoms with Crippen LogP contribution >= 0.6 is 31.9 Å². The second kappa shape index (κ2) is 5.71. The molecular weight excluding hydrogens is 379 g/mol. The van der Waals surface area contributed by atoms with Gasteiger partial charge in [-0.15, -0.1) is 0 Å². The van der Waals surface area contributed by atoms with Crippen LogP contribution in [0.4, 0.5) is 15.8 Å².